The average molecular weight is 1340 g/mol. The van der Waals surface area contributed by atoms with Crippen molar-refractivity contribution in [2.24, 2.45) is 0 Å². The third-order valence-electron chi connectivity index (χ3n) is 19.9. The van der Waals surface area contributed by atoms with E-state index >= 15 is 0 Å². The molecule has 0 aromatic rings. The van der Waals surface area contributed by atoms with Gasteiger partial charge in [0, 0.05) is 6.42 Å². The number of unbranched alkanes of at least 4 members (excludes halogenated alkanes) is 49. The van der Waals surface area contributed by atoms with Crippen molar-refractivity contribution in [2.45, 2.75) is 447 Å². The van der Waals surface area contributed by atoms with Crippen molar-refractivity contribution in [3.63, 3.8) is 0 Å². The van der Waals surface area contributed by atoms with Crippen LogP contribution < -0.4 is 5.32 Å². The van der Waals surface area contributed by atoms with E-state index in [2.05, 4.69) is 55.6 Å². The maximum Gasteiger partial charge on any atom is 0.220 e. The van der Waals surface area contributed by atoms with Gasteiger partial charge in [0.15, 0.2) is 12.6 Å². The fraction of sp³-hybridized carbons (Fsp3) is 0.912. The molecule has 0 aromatic heterocycles. The molecule has 2 fully saturated rings. The molecule has 2 aliphatic rings. The summed E-state index contributed by atoms with van der Waals surface area (Å²) >= 11 is 0. The van der Waals surface area contributed by atoms with Crippen molar-refractivity contribution < 1.29 is 64.6 Å². The highest BCUT2D eigenvalue weighted by molar-refractivity contribution is 5.76. The minimum atomic E-state index is -1.78. The number of carbonyl (C=O) groups excluding carboxylic acids is 1. The van der Waals surface area contributed by atoms with E-state index in [1.807, 2.05) is 0 Å². The predicted molar refractivity (Wildman–Crippen MR) is 388 cm³/mol. The van der Waals surface area contributed by atoms with Crippen LogP contribution in [0.1, 0.15) is 373 Å². The standard InChI is InChI=1S/C80H151NO13/c1-3-5-7-9-11-13-15-17-19-21-23-25-27-28-29-30-31-32-33-34-35-36-37-38-39-40-42-44-46-48-50-52-54-56-58-60-62-64-72(85)81-68(67-91-79-77(90)75(88)78(71(66-83)93-79)94-80-76(89)74(87)73(86)70(65-82)92-80)69(84)63-61-59-57-55-53-51-49-47-45-43-41-26-24-22-20-18-16-14-12-10-8-6-4-2/h15,17,21,23,27-28,68-71,73-80,82-84,86-90H,3-14,16,18-20,22,24-26,29-67H2,1-2H3,(H,81,85)/b17-15-,23-21-,28-27-. The Kier molecular flexibility index (Phi) is 60.7. The van der Waals surface area contributed by atoms with E-state index in [1.54, 1.807) is 0 Å². The Balaban J connectivity index is 1.58. The number of aliphatic hydroxyl groups is 8. The second-order valence-electron chi connectivity index (χ2n) is 28.6. The van der Waals surface area contributed by atoms with Gasteiger partial charge in [-0.15, -0.1) is 0 Å². The summed E-state index contributed by atoms with van der Waals surface area (Å²) in [6.45, 7) is 2.91. The topological polar surface area (TPSA) is 228 Å². The molecular weight excluding hydrogens is 1180 g/mol. The Morgan fingerprint density at radius 3 is 1.07 bits per heavy atom. The van der Waals surface area contributed by atoms with Gasteiger partial charge in [0.2, 0.25) is 5.91 Å². The van der Waals surface area contributed by atoms with E-state index < -0.39 is 86.8 Å². The van der Waals surface area contributed by atoms with Crippen molar-refractivity contribution in [3.05, 3.63) is 36.5 Å². The Labute approximate surface area is 576 Å². The molecule has 14 nitrogen and oxygen atoms in total. The average Bonchev–Trinajstić information content (AvgIpc) is 0.794. The van der Waals surface area contributed by atoms with Gasteiger partial charge in [-0.1, -0.05) is 352 Å². The molecule has 12 atom stereocenters. The van der Waals surface area contributed by atoms with Gasteiger partial charge in [0.1, 0.15) is 48.8 Å². The van der Waals surface area contributed by atoms with Crippen LogP contribution in [0.25, 0.3) is 0 Å². The summed E-state index contributed by atoms with van der Waals surface area (Å²) in [4.78, 5) is 13.4. The molecule has 1 amide bonds. The Morgan fingerprint density at radius 1 is 0.383 bits per heavy atom. The van der Waals surface area contributed by atoms with Crippen LogP contribution in [0, 0.1) is 0 Å². The molecule has 0 spiro atoms. The summed E-state index contributed by atoms with van der Waals surface area (Å²) in [5.41, 5.74) is 0. The lowest BCUT2D eigenvalue weighted by Crippen LogP contribution is -2.65. The molecule has 0 radical (unpaired) electrons. The van der Waals surface area contributed by atoms with Crippen LogP contribution in [0.5, 0.6) is 0 Å². The first kappa shape index (κ1) is 88.3. The smallest absolute Gasteiger partial charge is 0.220 e. The maximum atomic E-state index is 13.4. The number of rotatable bonds is 68. The van der Waals surface area contributed by atoms with Gasteiger partial charge in [0.05, 0.1) is 32.0 Å². The zero-order chi connectivity index (χ0) is 68.0. The molecule has 2 rings (SSSR count). The number of hydrogen-bond donors (Lipinski definition) is 9. The minimum Gasteiger partial charge on any atom is -0.394 e. The number of nitrogens with one attached hydrogen (secondary N) is 1. The van der Waals surface area contributed by atoms with E-state index in [-0.39, 0.29) is 12.5 Å². The Morgan fingerprint density at radius 2 is 0.702 bits per heavy atom. The van der Waals surface area contributed by atoms with Crippen LogP contribution in [0.15, 0.2) is 36.5 Å². The lowest BCUT2D eigenvalue weighted by Gasteiger charge is -2.46. The summed E-state index contributed by atoms with van der Waals surface area (Å²) in [7, 11) is 0. The van der Waals surface area contributed by atoms with Crippen molar-refractivity contribution in [1.29, 1.82) is 0 Å². The van der Waals surface area contributed by atoms with Gasteiger partial charge in [-0.05, 0) is 51.4 Å². The molecule has 94 heavy (non-hydrogen) atoms. The molecule has 2 aliphatic heterocycles. The summed E-state index contributed by atoms with van der Waals surface area (Å²) in [6, 6.07) is -0.828. The fourth-order valence-electron chi connectivity index (χ4n) is 13.5. The molecule has 2 saturated heterocycles. The largest absolute Gasteiger partial charge is 0.394 e. The predicted octanol–water partition coefficient (Wildman–Crippen LogP) is 18.0. The molecular formula is C80H151NO13. The Hall–Kier alpha value is -1.79. The van der Waals surface area contributed by atoms with Gasteiger partial charge < -0.3 is 65.1 Å². The lowest BCUT2D eigenvalue weighted by atomic mass is 9.97. The lowest BCUT2D eigenvalue weighted by molar-refractivity contribution is -0.359. The molecule has 0 saturated carbocycles. The van der Waals surface area contributed by atoms with Crippen molar-refractivity contribution >= 4 is 5.91 Å². The first-order chi connectivity index (χ1) is 46.1. The highest BCUT2D eigenvalue weighted by atomic mass is 16.7. The summed E-state index contributed by atoms with van der Waals surface area (Å²) in [5, 5.41) is 87.8. The van der Waals surface area contributed by atoms with Gasteiger partial charge in [0.25, 0.3) is 0 Å². The zero-order valence-corrected chi connectivity index (χ0v) is 60.7. The van der Waals surface area contributed by atoms with Crippen molar-refractivity contribution in [2.75, 3.05) is 19.8 Å². The van der Waals surface area contributed by atoms with Gasteiger partial charge in [-0.2, -0.15) is 0 Å². The van der Waals surface area contributed by atoms with Crippen LogP contribution in [0.4, 0.5) is 0 Å². The van der Waals surface area contributed by atoms with Crippen LogP contribution >= 0.6 is 0 Å². The Bertz CT molecular complexity index is 1720. The fourth-order valence-corrected chi connectivity index (χ4v) is 13.5. The van der Waals surface area contributed by atoms with Crippen LogP contribution in [0.2, 0.25) is 0 Å². The summed E-state index contributed by atoms with van der Waals surface area (Å²) in [6.07, 6.45) is 67.6. The maximum absolute atomic E-state index is 13.4. The second-order valence-corrected chi connectivity index (χ2v) is 28.6. The normalized spacial score (nSPS) is 22.6. The molecule has 554 valence electrons. The molecule has 0 bridgehead atoms. The summed E-state index contributed by atoms with van der Waals surface area (Å²) in [5.74, 6) is -0.198. The number of carbonyl (C=O) groups is 1. The molecule has 0 aromatic carbocycles. The quantitative estimate of drug-likeness (QED) is 0.0204. The van der Waals surface area contributed by atoms with Crippen molar-refractivity contribution in [3.8, 4) is 0 Å². The van der Waals surface area contributed by atoms with Gasteiger partial charge >= 0.3 is 0 Å². The number of hydrogen-bond acceptors (Lipinski definition) is 13. The first-order valence-electron chi connectivity index (χ1n) is 40.2. The second kappa shape index (κ2) is 64.6. The summed E-state index contributed by atoms with van der Waals surface area (Å²) < 4.78 is 23.0. The number of aliphatic hydroxyl groups excluding tert-OH is 8. The number of allylic oxidation sites excluding steroid dienone is 6. The van der Waals surface area contributed by atoms with E-state index in [0.717, 1.165) is 64.2 Å². The third-order valence-corrected chi connectivity index (χ3v) is 19.9. The molecule has 0 aliphatic carbocycles. The van der Waals surface area contributed by atoms with Crippen LogP contribution in [0.3, 0.4) is 0 Å². The molecule has 14 heteroatoms. The molecule has 9 N–H and O–H groups in total. The van der Waals surface area contributed by atoms with Crippen LogP contribution in [-0.2, 0) is 23.7 Å². The van der Waals surface area contributed by atoms with Gasteiger partial charge in [-0.3, -0.25) is 4.79 Å². The van der Waals surface area contributed by atoms with E-state index in [4.69, 9.17) is 18.9 Å². The molecule has 2 heterocycles. The number of amides is 1. The zero-order valence-electron chi connectivity index (χ0n) is 60.7. The van der Waals surface area contributed by atoms with E-state index in [0.29, 0.717) is 12.8 Å². The van der Waals surface area contributed by atoms with Gasteiger partial charge in [-0.25, -0.2) is 0 Å². The third kappa shape index (κ3) is 47.3. The SMILES string of the molecule is CCCCCCC/C=C\C/C=C\C/C=C\CCCCCCCCCCCCCCCCCCCCCCCCC(=O)NC(COC1OC(CO)C(OC2OC(CO)C(O)C(O)C2O)C(O)C1O)C(O)CCCCCCCCCCCCCCCCCCCCCCCCC. The molecule has 12 unspecified atom stereocenters. The van der Waals surface area contributed by atoms with Crippen molar-refractivity contribution in [1.82, 2.24) is 5.32 Å². The highest BCUT2D eigenvalue weighted by Crippen LogP contribution is 2.30. The number of ether oxygens (including phenoxy) is 4. The highest BCUT2D eigenvalue weighted by Gasteiger charge is 2.51. The van der Waals surface area contributed by atoms with E-state index in [1.165, 1.54) is 283 Å². The minimum absolute atomic E-state index is 0.198. The van der Waals surface area contributed by atoms with Crippen LogP contribution in [-0.4, -0.2) is 140 Å². The van der Waals surface area contributed by atoms with E-state index in [9.17, 15) is 45.6 Å². The monoisotopic (exact) mass is 1330 g/mol. The first-order valence-corrected chi connectivity index (χ1v) is 40.2.